The highest BCUT2D eigenvalue weighted by Gasteiger charge is 2.20. The second-order valence-corrected chi connectivity index (χ2v) is 6.17. The van der Waals surface area contributed by atoms with Crippen LogP contribution in [0.2, 0.25) is 0 Å². The number of anilines is 1. The Kier molecular flexibility index (Phi) is 9.91. The summed E-state index contributed by atoms with van der Waals surface area (Å²) < 4.78 is 0. The minimum Gasteiger partial charge on any atom is -0.381 e. The average molecular weight is 382 g/mol. The highest BCUT2D eigenvalue weighted by Crippen LogP contribution is 2.25. The summed E-state index contributed by atoms with van der Waals surface area (Å²) in [5, 5.41) is 6.94. The summed E-state index contributed by atoms with van der Waals surface area (Å²) in [6, 6.07) is 20.1. The van der Waals surface area contributed by atoms with E-state index in [-0.39, 0.29) is 24.8 Å². The standard InChI is InChI=1S/C20H27N3.2ClH/c1-2-20(23-14-12-21-13-15-23)18-8-10-19(11-9-18)22-16-17-6-4-3-5-7-17;;/h3-11,20-22H,2,12-16H2,1H3;2*1H/t20-;;/m0../s1. The minimum absolute atomic E-state index is 0. The summed E-state index contributed by atoms with van der Waals surface area (Å²) in [4.78, 5) is 2.60. The van der Waals surface area contributed by atoms with Crippen LogP contribution >= 0.6 is 24.8 Å². The van der Waals surface area contributed by atoms with Crippen LogP contribution in [0.15, 0.2) is 54.6 Å². The number of hydrogen-bond acceptors (Lipinski definition) is 3. The van der Waals surface area contributed by atoms with Crippen molar-refractivity contribution in [2.24, 2.45) is 0 Å². The lowest BCUT2D eigenvalue weighted by Crippen LogP contribution is -2.45. The molecule has 1 aliphatic heterocycles. The van der Waals surface area contributed by atoms with E-state index in [1.165, 1.54) is 16.8 Å². The van der Waals surface area contributed by atoms with Crippen LogP contribution in [0.3, 0.4) is 0 Å². The van der Waals surface area contributed by atoms with E-state index in [2.05, 4.69) is 77.1 Å². The Bertz CT molecular complexity index is 584. The Morgan fingerprint density at radius 2 is 1.60 bits per heavy atom. The summed E-state index contributed by atoms with van der Waals surface area (Å²) in [5.74, 6) is 0. The smallest absolute Gasteiger partial charge is 0.0400 e. The van der Waals surface area contributed by atoms with Crippen LogP contribution in [-0.2, 0) is 6.54 Å². The van der Waals surface area contributed by atoms with Gasteiger partial charge in [0.2, 0.25) is 0 Å². The van der Waals surface area contributed by atoms with Gasteiger partial charge >= 0.3 is 0 Å². The highest BCUT2D eigenvalue weighted by atomic mass is 35.5. The van der Waals surface area contributed by atoms with Crippen LogP contribution in [0.1, 0.15) is 30.5 Å². The molecule has 0 amide bonds. The van der Waals surface area contributed by atoms with Gasteiger partial charge in [-0.1, -0.05) is 49.4 Å². The molecule has 1 aliphatic rings. The first-order valence-corrected chi connectivity index (χ1v) is 8.69. The van der Waals surface area contributed by atoms with Gasteiger partial charge in [-0.2, -0.15) is 0 Å². The van der Waals surface area contributed by atoms with Crippen molar-refractivity contribution in [2.75, 3.05) is 31.5 Å². The van der Waals surface area contributed by atoms with Gasteiger partial charge in [0.15, 0.2) is 0 Å². The van der Waals surface area contributed by atoms with Crippen LogP contribution < -0.4 is 10.6 Å². The summed E-state index contributed by atoms with van der Waals surface area (Å²) in [6.45, 7) is 7.66. The summed E-state index contributed by atoms with van der Waals surface area (Å²) in [5.41, 5.74) is 3.93. The van der Waals surface area contributed by atoms with E-state index in [4.69, 9.17) is 0 Å². The van der Waals surface area contributed by atoms with E-state index in [9.17, 15) is 0 Å². The fraction of sp³-hybridized carbons (Fsp3) is 0.400. The third-order valence-electron chi connectivity index (χ3n) is 4.61. The first-order valence-electron chi connectivity index (χ1n) is 8.69. The van der Waals surface area contributed by atoms with Crippen molar-refractivity contribution in [3.63, 3.8) is 0 Å². The van der Waals surface area contributed by atoms with Crippen LogP contribution in [-0.4, -0.2) is 31.1 Å². The molecule has 0 radical (unpaired) electrons. The van der Waals surface area contributed by atoms with Gasteiger partial charge in [-0.3, -0.25) is 4.90 Å². The van der Waals surface area contributed by atoms with Crippen molar-refractivity contribution in [1.29, 1.82) is 0 Å². The van der Waals surface area contributed by atoms with E-state index in [0.717, 1.165) is 39.1 Å². The van der Waals surface area contributed by atoms with Crippen molar-refractivity contribution in [2.45, 2.75) is 25.9 Å². The maximum atomic E-state index is 3.50. The lowest BCUT2D eigenvalue weighted by atomic mass is 10.0. The zero-order valence-electron chi connectivity index (χ0n) is 14.8. The molecule has 0 bridgehead atoms. The molecule has 138 valence electrons. The maximum absolute atomic E-state index is 3.50. The maximum Gasteiger partial charge on any atom is 0.0400 e. The normalized spacial score (nSPS) is 15.6. The van der Waals surface area contributed by atoms with Crippen LogP contribution in [0, 0.1) is 0 Å². The summed E-state index contributed by atoms with van der Waals surface area (Å²) in [6.07, 6.45) is 1.16. The van der Waals surface area contributed by atoms with Crippen molar-refractivity contribution >= 4 is 30.5 Å². The van der Waals surface area contributed by atoms with Gasteiger partial charge in [0, 0.05) is 44.5 Å². The first kappa shape index (κ1) is 21.8. The predicted molar refractivity (Wildman–Crippen MR) is 112 cm³/mol. The summed E-state index contributed by atoms with van der Waals surface area (Å²) in [7, 11) is 0. The molecule has 3 nitrogen and oxygen atoms in total. The predicted octanol–water partition coefficient (Wildman–Crippen LogP) is 4.50. The Morgan fingerprint density at radius 1 is 0.960 bits per heavy atom. The second-order valence-electron chi connectivity index (χ2n) is 6.17. The third kappa shape index (κ3) is 6.19. The molecule has 5 heteroatoms. The fourth-order valence-electron chi connectivity index (χ4n) is 3.32. The van der Waals surface area contributed by atoms with Gasteiger partial charge in [-0.15, -0.1) is 24.8 Å². The summed E-state index contributed by atoms with van der Waals surface area (Å²) >= 11 is 0. The SMILES string of the molecule is CC[C@@H](c1ccc(NCc2ccccc2)cc1)N1CCNCC1.Cl.Cl. The zero-order chi connectivity index (χ0) is 15.9. The number of piperazine rings is 1. The molecule has 1 heterocycles. The lowest BCUT2D eigenvalue weighted by Gasteiger charge is -2.34. The largest absolute Gasteiger partial charge is 0.381 e. The molecule has 0 aromatic heterocycles. The fourth-order valence-corrected chi connectivity index (χ4v) is 3.32. The molecule has 2 N–H and O–H groups in total. The second kappa shape index (κ2) is 11.4. The van der Waals surface area contributed by atoms with E-state index in [1.54, 1.807) is 0 Å². The van der Waals surface area contributed by atoms with Gasteiger partial charge in [0.05, 0.1) is 0 Å². The van der Waals surface area contributed by atoms with E-state index < -0.39 is 0 Å². The Labute approximate surface area is 164 Å². The highest BCUT2D eigenvalue weighted by molar-refractivity contribution is 5.85. The number of hydrogen-bond donors (Lipinski definition) is 2. The van der Waals surface area contributed by atoms with Gasteiger partial charge in [-0.25, -0.2) is 0 Å². The topological polar surface area (TPSA) is 27.3 Å². The van der Waals surface area contributed by atoms with Gasteiger partial charge in [-0.05, 0) is 29.7 Å². The van der Waals surface area contributed by atoms with Gasteiger partial charge < -0.3 is 10.6 Å². The van der Waals surface area contributed by atoms with Crippen molar-refractivity contribution in [3.05, 3.63) is 65.7 Å². The number of benzene rings is 2. The average Bonchev–Trinajstić information content (AvgIpc) is 2.63. The van der Waals surface area contributed by atoms with Crippen LogP contribution in [0.5, 0.6) is 0 Å². The molecule has 2 aromatic rings. The molecule has 0 aliphatic carbocycles. The van der Waals surface area contributed by atoms with Crippen molar-refractivity contribution < 1.29 is 0 Å². The molecule has 2 aromatic carbocycles. The number of nitrogens with one attached hydrogen (secondary N) is 2. The Morgan fingerprint density at radius 3 is 2.20 bits per heavy atom. The lowest BCUT2D eigenvalue weighted by molar-refractivity contribution is 0.169. The number of nitrogens with zero attached hydrogens (tertiary/aromatic N) is 1. The molecule has 0 unspecified atom stereocenters. The van der Waals surface area contributed by atoms with E-state index >= 15 is 0 Å². The molecule has 1 saturated heterocycles. The number of halogens is 2. The molecule has 0 saturated carbocycles. The zero-order valence-corrected chi connectivity index (χ0v) is 16.4. The Balaban J connectivity index is 0.00000156. The van der Waals surface area contributed by atoms with Gasteiger partial charge in [0.1, 0.15) is 0 Å². The molecule has 3 rings (SSSR count). The molecule has 25 heavy (non-hydrogen) atoms. The van der Waals surface area contributed by atoms with Crippen molar-refractivity contribution in [3.8, 4) is 0 Å². The number of rotatable bonds is 6. The molecule has 1 fully saturated rings. The molecule has 0 spiro atoms. The molecular formula is C20H29Cl2N3. The Hall–Kier alpha value is -1.26. The van der Waals surface area contributed by atoms with E-state index in [1.807, 2.05) is 0 Å². The van der Waals surface area contributed by atoms with Crippen LogP contribution in [0.4, 0.5) is 5.69 Å². The quantitative estimate of drug-likeness (QED) is 0.771. The van der Waals surface area contributed by atoms with Gasteiger partial charge in [0.25, 0.3) is 0 Å². The minimum atomic E-state index is 0. The third-order valence-corrected chi connectivity index (χ3v) is 4.61. The molecular weight excluding hydrogens is 353 g/mol. The van der Waals surface area contributed by atoms with Crippen molar-refractivity contribution in [1.82, 2.24) is 10.2 Å². The van der Waals surface area contributed by atoms with E-state index in [0.29, 0.717) is 6.04 Å². The molecule has 1 atom stereocenters. The first-order chi connectivity index (χ1) is 11.4. The monoisotopic (exact) mass is 381 g/mol. The van der Waals surface area contributed by atoms with Crippen LogP contribution in [0.25, 0.3) is 0 Å².